The number of nitrogens with one attached hydrogen (secondary N) is 1. The number of aliphatic hydroxyl groups is 1. The lowest BCUT2D eigenvalue weighted by Gasteiger charge is -2.15. The maximum atomic E-state index is 9.27. The first-order chi connectivity index (χ1) is 7.58. The van der Waals surface area contributed by atoms with Crippen LogP contribution in [0.1, 0.15) is 30.5 Å². The van der Waals surface area contributed by atoms with E-state index in [1.54, 1.807) is 6.92 Å². The largest absolute Gasteiger partial charge is 0.392 e. The van der Waals surface area contributed by atoms with Crippen LogP contribution < -0.4 is 5.32 Å². The highest BCUT2D eigenvalue weighted by atomic mass is 79.9. The molecule has 0 fully saturated rings. The third kappa shape index (κ3) is 2.59. The lowest BCUT2D eigenvalue weighted by molar-refractivity contribution is 0.186. The van der Waals surface area contributed by atoms with Gasteiger partial charge in [-0.25, -0.2) is 0 Å². The second kappa shape index (κ2) is 5.05. The fourth-order valence-electron chi connectivity index (χ4n) is 2.17. The monoisotopic (exact) mass is 303 g/mol. The Hall–Kier alpha value is -0.0900. The quantitative estimate of drug-likeness (QED) is 0.899. The van der Waals surface area contributed by atoms with Crippen LogP contribution in [-0.2, 0) is 6.42 Å². The first-order valence-corrected chi connectivity index (χ1v) is 6.64. The fourth-order valence-corrected chi connectivity index (χ4v) is 3.20. The van der Waals surface area contributed by atoms with Crippen LogP contribution in [0.2, 0.25) is 5.02 Å². The van der Waals surface area contributed by atoms with Gasteiger partial charge in [0.15, 0.2) is 0 Å². The lowest BCUT2D eigenvalue weighted by Crippen LogP contribution is -2.27. The van der Waals surface area contributed by atoms with Gasteiger partial charge in [0.2, 0.25) is 0 Å². The van der Waals surface area contributed by atoms with E-state index in [4.69, 9.17) is 11.6 Å². The van der Waals surface area contributed by atoms with E-state index in [1.165, 1.54) is 11.1 Å². The molecule has 0 aliphatic heterocycles. The highest BCUT2D eigenvalue weighted by molar-refractivity contribution is 9.10. The number of rotatable bonds is 3. The van der Waals surface area contributed by atoms with Crippen molar-refractivity contribution in [3.8, 4) is 0 Å². The summed E-state index contributed by atoms with van der Waals surface area (Å²) in [5, 5.41) is 13.4. The summed E-state index contributed by atoms with van der Waals surface area (Å²) in [7, 11) is 0. The molecule has 0 bridgehead atoms. The zero-order valence-electron chi connectivity index (χ0n) is 9.13. The molecule has 1 unspecified atom stereocenters. The van der Waals surface area contributed by atoms with E-state index < -0.39 is 0 Å². The molecule has 0 spiro atoms. The van der Waals surface area contributed by atoms with Gasteiger partial charge in [-0.3, -0.25) is 0 Å². The Kier molecular flexibility index (Phi) is 3.90. The Morgan fingerprint density at radius 3 is 3.06 bits per heavy atom. The predicted octanol–water partition coefficient (Wildman–Crippen LogP) is 3.06. The normalized spacial score (nSPS) is 20.9. The molecule has 2 nitrogen and oxygen atoms in total. The summed E-state index contributed by atoms with van der Waals surface area (Å²) in [4.78, 5) is 0. The first-order valence-electron chi connectivity index (χ1n) is 5.47. The number of halogens is 2. The molecule has 16 heavy (non-hydrogen) atoms. The highest BCUT2D eigenvalue weighted by Gasteiger charge is 2.24. The van der Waals surface area contributed by atoms with E-state index in [0.29, 0.717) is 12.6 Å². The van der Waals surface area contributed by atoms with Crippen LogP contribution in [0.5, 0.6) is 0 Å². The Bertz CT molecular complexity index is 395. The van der Waals surface area contributed by atoms with Crippen LogP contribution in [0.4, 0.5) is 0 Å². The van der Waals surface area contributed by atoms with Crippen molar-refractivity contribution in [2.75, 3.05) is 6.54 Å². The maximum Gasteiger partial charge on any atom is 0.0636 e. The smallest absolute Gasteiger partial charge is 0.0636 e. The molecule has 1 aliphatic carbocycles. The number of fused-ring (bicyclic) bond motifs is 1. The summed E-state index contributed by atoms with van der Waals surface area (Å²) in [6.45, 7) is 2.41. The molecule has 0 saturated heterocycles. The van der Waals surface area contributed by atoms with Crippen molar-refractivity contribution in [1.82, 2.24) is 5.32 Å². The number of hydrogen-bond donors (Lipinski definition) is 2. The minimum Gasteiger partial charge on any atom is -0.392 e. The molecule has 88 valence electrons. The van der Waals surface area contributed by atoms with Gasteiger partial charge in [-0.05, 0) is 43.0 Å². The Balaban J connectivity index is 2.19. The van der Waals surface area contributed by atoms with Gasteiger partial charge in [0.25, 0.3) is 0 Å². The molecule has 2 atom stereocenters. The van der Waals surface area contributed by atoms with Crippen LogP contribution in [0.15, 0.2) is 16.6 Å². The second-order valence-corrected chi connectivity index (χ2v) is 5.59. The van der Waals surface area contributed by atoms with Gasteiger partial charge in [0.05, 0.1) is 6.10 Å². The van der Waals surface area contributed by atoms with E-state index in [0.717, 1.165) is 22.3 Å². The van der Waals surface area contributed by atoms with Crippen molar-refractivity contribution in [2.24, 2.45) is 0 Å². The minimum atomic E-state index is -0.313. The van der Waals surface area contributed by atoms with E-state index in [2.05, 4.69) is 21.2 Å². The van der Waals surface area contributed by atoms with Crippen molar-refractivity contribution in [3.05, 3.63) is 32.8 Å². The Labute approximate surface area is 109 Å². The molecule has 1 aromatic rings. The number of benzene rings is 1. The van der Waals surface area contributed by atoms with E-state index >= 15 is 0 Å². The van der Waals surface area contributed by atoms with Gasteiger partial charge < -0.3 is 10.4 Å². The topological polar surface area (TPSA) is 32.3 Å². The summed E-state index contributed by atoms with van der Waals surface area (Å²) >= 11 is 9.59. The van der Waals surface area contributed by atoms with Gasteiger partial charge in [-0.15, -0.1) is 0 Å². The van der Waals surface area contributed by atoms with Crippen molar-refractivity contribution in [1.29, 1.82) is 0 Å². The van der Waals surface area contributed by atoms with E-state index in [9.17, 15) is 5.11 Å². The van der Waals surface area contributed by atoms with Crippen LogP contribution in [-0.4, -0.2) is 17.8 Å². The molecule has 0 saturated carbocycles. The fraction of sp³-hybridized carbons (Fsp3) is 0.500. The molecule has 1 aliphatic rings. The standard InChI is InChI=1S/C12H15BrClNO/c1-7(16)6-15-12-3-2-9-10(12)4-8(14)5-11(9)13/h4-5,7,12,15-16H,2-3,6H2,1H3/t7-,12?/m1/s1. The SMILES string of the molecule is C[C@@H](O)CNC1CCc2c(Br)cc(Cl)cc21. The second-order valence-electron chi connectivity index (χ2n) is 4.30. The maximum absolute atomic E-state index is 9.27. The molecule has 0 amide bonds. The van der Waals surface area contributed by atoms with Crippen LogP contribution >= 0.6 is 27.5 Å². The summed E-state index contributed by atoms with van der Waals surface area (Å²) < 4.78 is 1.09. The molecule has 0 radical (unpaired) electrons. The third-order valence-electron chi connectivity index (χ3n) is 2.91. The molecular formula is C12H15BrClNO. The van der Waals surface area contributed by atoms with Gasteiger partial charge in [-0.2, -0.15) is 0 Å². The number of aliphatic hydroxyl groups excluding tert-OH is 1. The van der Waals surface area contributed by atoms with Gasteiger partial charge >= 0.3 is 0 Å². The van der Waals surface area contributed by atoms with Crippen LogP contribution in [0.3, 0.4) is 0 Å². The van der Waals surface area contributed by atoms with Crippen LogP contribution in [0.25, 0.3) is 0 Å². The van der Waals surface area contributed by atoms with Gasteiger partial charge in [0.1, 0.15) is 0 Å². The van der Waals surface area contributed by atoms with E-state index in [1.807, 2.05) is 12.1 Å². The average molecular weight is 305 g/mol. The zero-order valence-corrected chi connectivity index (χ0v) is 11.5. The summed E-state index contributed by atoms with van der Waals surface area (Å²) in [6, 6.07) is 4.28. The average Bonchev–Trinajstić information content (AvgIpc) is 2.58. The van der Waals surface area contributed by atoms with Gasteiger partial charge in [-0.1, -0.05) is 27.5 Å². The molecule has 2 rings (SSSR count). The predicted molar refractivity (Wildman–Crippen MR) is 69.9 cm³/mol. The minimum absolute atomic E-state index is 0.313. The van der Waals surface area contributed by atoms with Crippen LogP contribution in [0, 0.1) is 0 Å². The zero-order chi connectivity index (χ0) is 11.7. The molecule has 0 aromatic heterocycles. The molecule has 2 N–H and O–H groups in total. The van der Waals surface area contributed by atoms with Gasteiger partial charge in [0, 0.05) is 22.1 Å². The first kappa shape index (κ1) is 12.4. The highest BCUT2D eigenvalue weighted by Crippen LogP contribution is 2.37. The summed E-state index contributed by atoms with van der Waals surface area (Å²) in [5.41, 5.74) is 2.60. The number of hydrogen-bond acceptors (Lipinski definition) is 2. The molecule has 4 heteroatoms. The third-order valence-corrected chi connectivity index (χ3v) is 3.84. The molecule has 0 heterocycles. The Morgan fingerprint density at radius 1 is 1.62 bits per heavy atom. The summed E-state index contributed by atoms with van der Waals surface area (Å²) in [6.07, 6.45) is 1.82. The Morgan fingerprint density at radius 2 is 2.38 bits per heavy atom. The van der Waals surface area contributed by atoms with E-state index in [-0.39, 0.29) is 6.10 Å². The molecule has 1 aromatic carbocycles. The summed E-state index contributed by atoms with van der Waals surface area (Å²) in [5.74, 6) is 0. The van der Waals surface area contributed by atoms with Crippen molar-refractivity contribution < 1.29 is 5.11 Å². The van der Waals surface area contributed by atoms with Crippen molar-refractivity contribution >= 4 is 27.5 Å². The van der Waals surface area contributed by atoms with Crippen molar-refractivity contribution in [2.45, 2.75) is 31.9 Å². The van der Waals surface area contributed by atoms with Crippen molar-refractivity contribution in [3.63, 3.8) is 0 Å². The molecular weight excluding hydrogens is 289 g/mol. The lowest BCUT2D eigenvalue weighted by atomic mass is 10.1.